The van der Waals surface area contributed by atoms with E-state index in [4.69, 9.17) is 9.72 Å². The van der Waals surface area contributed by atoms with Crippen molar-refractivity contribution in [1.82, 2.24) is 4.98 Å². The first kappa shape index (κ1) is 17.0. The Bertz CT molecular complexity index is 911. The monoisotopic (exact) mass is 366 g/mol. The molecule has 1 aliphatic rings. The van der Waals surface area contributed by atoms with Crippen molar-refractivity contribution in [2.75, 3.05) is 12.0 Å². The van der Waals surface area contributed by atoms with Crippen LogP contribution < -0.4 is 9.64 Å². The van der Waals surface area contributed by atoms with E-state index in [1.807, 2.05) is 49.4 Å². The first-order valence-electron chi connectivity index (χ1n) is 9.01. The van der Waals surface area contributed by atoms with Gasteiger partial charge in [0.1, 0.15) is 5.75 Å². The van der Waals surface area contributed by atoms with Crippen molar-refractivity contribution in [2.45, 2.75) is 32.6 Å². The summed E-state index contributed by atoms with van der Waals surface area (Å²) >= 11 is 1.55. The summed E-state index contributed by atoms with van der Waals surface area (Å²) in [5.41, 5.74) is 2.79. The number of fused-ring (bicyclic) bond motifs is 1. The first-order chi connectivity index (χ1) is 12.7. The summed E-state index contributed by atoms with van der Waals surface area (Å²) in [5, 5.41) is 0.715. The van der Waals surface area contributed by atoms with Crippen LogP contribution in [0.1, 0.15) is 31.2 Å². The Morgan fingerprint density at radius 3 is 2.69 bits per heavy atom. The van der Waals surface area contributed by atoms with Gasteiger partial charge in [-0.05, 0) is 49.6 Å². The molecule has 2 aromatic carbocycles. The molecule has 0 saturated heterocycles. The summed E-state index contributed by atoms with van der Waals surface area (Å²) in [7, 11) is 1.64. The predicted molar refractivity (Wildman–Crippen MR) is 106 cm³/mol. The molecule has 0 bridgehead atoms. The van der Waals surface area contributed by atoms with Crippen molar-refractivity contribution < 1.29 is 9.53 Å². The van der Waals surface area contributed by atoms with Gasteiger partial charge in [-0.15, -0.1) is 0 Å². The topological polar surface area (TPSA) is 42.4 Å². The largest absolute Gasteiger partial charge is 0.495 e. The summed E-state index contributed by atoms with van der Waals surface area (Å²) in [5.74, 6) is 0.888. The molecule has 0 atom stereocenters. The number of amides is 1. The van der Waals surface area contributed by atoms with Gasteiger partial charge in [0, 0.05) is 5.92 Å². The first-order valence-corrected chi connectivity index (χ1v) is 9.83. The van der Waals surface area contributed by atoms with Crippen LogP contribution in [0.15, 0.2) is 42.5 Å². The number of carbonyl (C=O) groups excluding carboxylic acids is 1. The molecule has 3 aromatic rings. The number of anilines is 2. The van der Waals surface area contributed by atoms with Crippen LogP contribution in [0.2, 0.25) is 0 Å². The van der Waals surface area contributed by atoms with Gasteiger partial charge in [0.05, 0.1) is 23.0 Å². The Morgan fingerprint density at radius 2 is 1.96 bits per heavy atom. The number of thiazole rings is 1. The van der Waals surface area contributed by atoms with Gasteiger partial charge >= 0.3 is 0 Å². The average Bonchev–Trinajstić information content (AvgIpc) is 3.32. The van der Waals surface area contributed by atoms with Crippen molar-refractivity contribution in [3.05, 3.63) is 48.0 Å². The molecule has 1 saturated carbocycles. The summed E-state index contributed by atoms with van der Waals surface area (Å²) in [4.78, 5) is 20.0. The van der Waals surface area contributed by atoms with Gasteiger partial charge in [0.15, 0.2) is 5.13 Å². The van der Waals surface area contributed by atoms with Crippen molar-refractivity contribution in [3.63, 3.8) is 0 Å². The minimum absolute atomic E-state index is 0.0623. The molecule has 1 fully saturated rings. The molecule has 134 valence electrons. The van der Waals surface area contributed by atoms with Crippen LogP contribution in [-0.2, 0) is 4.79 Å². The van der Waals surface area contributed by atoms with E-state index < -0.39 is 0 Å². The van der Waals surface area contributed by atoms with Crippen molar-refractivity contribution in [1.29, 1.82) is 0 Å². The Morgan fingerprint density at radius 1 is 1.19 bits per heavy atom. The normalized spacial score (nSPS) is 14.7. The highest BCUT2D eigenvalue weighted by Gasteiger charge is 2.32. The predicted octanol–water partition coefficient (Wildman–Crippen LogP) is 5.47. The third-order valence-electron chi connectivity index (χ3n) is 4.97. The minimum Gasteiger partial charge on any atom is -0.495 e. The maximum Gasteiger partial charge on any atom is 0.236 e. The van der Waals surface area contributed by atoms with Crippen molar-refractivity contribution >= 4 is 38.3 Å². The van der Waals surface area contributed by atoms with Crippen molar-refractivity contribution in [2.24, 2.45) is 5.92 Å². The van der Waals surface area contributed by atoms with Crippen LogP contribution in [0.25, 0.3) is 10.2 Å². The van der Waals surface area contributed by atoms with E-state index in [0.29, 0.717) is 10.9 Å². The molecule has 1 heterocycles. The lowest BCUT2D eigenvalue weighted by atomic mass is 10.1. The van der Waals surface area contributed by atoms with E-state index in [0.717, 1.165) is 47.2 Å². The van der Waals surface area contributed by atoms with E-state index in [1.165, 1.54) is 0 Å². The van der Waals surface area contributed by atoms with E-state index in [-0.39, 0.29) is 11.8 Å². The maximum atomic E-state index is 13.4. The maximum absolute atomic E-state index is 13.4. The van der Waals surface area contributed by atoms with Gasteiger partial charge in [-0.1, -0.05) is 42.4 Å². The van der Waals surface area contributed by atoms with Crippen LogP contribution in [0, 0.1) is 12.8 Å². The van der Waals surface area contributed by atoms with Gasteiger partial charge in [0.2, 0.25) is 5.91 Å². The second kappa shape index (κ2) is 7.08. The Balaban J connectivity index is 1.86. The van der Waals surface area contributed by atoms with Crippen LogP contribution in [0.5, 0.6) is 5.75 Å². The van der Waals surface area contributed by atoms with E-state index >= 15 is 0 Å². The molecule has 4 rings (SSSR count). The molecule has 0 radical (unpaired) electrons. The summed E-state index contributed by atoms with van der Waals surface area (Å²) in [6.07, 6.45) is 4.15. The molecule has 5 heteroatoms. The van der Waals surface area contributed by atoms with E-state index in [2.05, 4.69) is 0 Å². The molecular weight excluding hydrogens is 344 g/mol. The van der Waals surface area contributed by atoms with Gasteiger partial charge in [-0.2, -0.15) is 0 Å². The standard InChI is InChI=1S/C21H22N2O2S/c1-14-11-12-18(25-2)17(13-14)23(20(24)15-7-3-4-8-15)21-22-16-9-5-6-10-19(16)26-21/h5-6,9-13,15H,3-4,7-8H2,1-2H3. The Kier molecular flexibility index (Phi) is 4.64. The number of nitrogens with zero attached hydrogens (tertiary/aromatic N) is 2. The third kappa shape index (κ3) is 3.07. The molecule has 0 aliphatic heterocycles. The number of ether oxygens (including phenoxy) is 1. The van der Waals surface area contributed by atoms with Crippen LogP contribution >= 0.6 is 11.3 Å². The number of hydrogen-bond donors (Lipinski definition) is 0. The summed E-state index contributed by atoms with van der Waals surface area (Å²) in [6, 6.07) is 13.9. The zero-order valence-electron chi connectivity index (χ0n) is 15.1. The molecule has 1 aromatic heterocycles. The fourth-order valence-corrected chi connectivity index (χ4v) is 4.59. The highest BCUT2D eigenvalue weighted by molar-refractivity contribution is 7.22. The zero-order valence-corrected chi connectivity index (χ0v) is 15.9. The molecule has 26 heavy (non-hydrogen) atoms. The molecule has 0 N–H and O–H groups in total. The van der Waals surface area contributed by atoms with E-state index in [1.54, 1.807) is 23.3 Å². The lowest BCUT2D eigenvalue weighted by Gasteiger charge is -2.25. The summed E-state index contributed by atoms with van der Waals surface area (Å²) in [6.45, 7) is 2.03. The number of aromatic nitrogens is 1. The highest BCUT2D eigenvalue weighted by atomic mass is 32.1. The minimum atomic E-state index is 0.0623. The number of benzene rings is 2. The molecular formula is C21H22N2O2S. The number of aryl methyl sites for hydroxylation is 1. The molecule has 1 amide bonds. The van der Waals surface area contributed by atoms with Crippen LogP contribution in [-0.4, -0.2) is 18.0 Å². The smallest absolute Gasteiger partial charge is 0.236 e. The second-order valence-corrected chi connectivity index (χ2v) is 7.80. The second-order valence-electron chi connectivity index (χ2n) is 6.79. The Labute approximate surface area is 157 Å². The third-order valence-corrected chi connectivity index (χ3v) is 6.00. The van der Waals surface area contributed by atoms with Crippen LogP contribution in [0.3, 0.4) is 0 Å². The van der Waals surface area contributed by atoms with Gasteiger partial charge in [-0.25, -0.2) is 4.98 Å². The average molecular weight is 366 g/mol. The fraction of sp³-hybridized carbons (Fsp3) is 0.333. The van der Waals surface area contributed by atoms with Crippen molar-refractivity contribution in [3.8, 4) is 5.75 Å². The SMILES string of the molecule is COc1ccc(C)cc1N(C(=O)C1CCCC1)c1nc2ccccc2s1. The van der Waals surface area contributed by atoms with Gasteiger partial charge < -0.3 is 4.74 Å². The number of rotatable bonds is 4. The number of carbonyl (C=O) groups is 1. The Hall–Kier alpha value is -2.40. The lowest BCUT2D eigenvalue weighted by Crippen LogP contribution is -2.31. The summed E-state index contributed by atoms with van der Waals surface area (Å²) < 4.78 is 6.65. The highest BCUT2D eigenvalue weighted by Crippen LogP contribution is 2.41. The van der Waals surface area contributed by atoms with Gasteiger partial charge in [0.25, 0.3) is 0 Å². The molecule has 0 spiro atoms. The molecule has 0 unspecified atom stereocenters. The zero-order chi connectivity index (χ0) is 18.1. The van der Waals surface area contributed by atoms with Gasteiger partial charge in [-0.3, -0.25) is 9.69 Å². The number of para-hydroxylation sites is 1. The molecule has 4 nitrogen and oxygen atoms in total. The number of methoxy groups -OCH3 is 1. The van der Waals surface area contributed by atoms with E-state index in [9.17, 15) is 4.79 Å². The molecule has 1 aliphatic carbocycles. The number of hydrogen-bond acceptors (Lipinski definition) is 4. The lowest BCUT2D eigenvalue weighted by molar-refractivity contribution is -0.121. The van der Waals surface area contributed by atoms with Crippen LogP contribution in [0.4, 0.5) is 10.8 Å². The quantitative estimate of drug-likeness (QED) is 0.615. The fourth-order valence-electron chi connectivity index (χ4n) is 3.60.